The quantitative estimate of drug-likeness (QED) is 0.641. The molecular weight excluding hydrogens is 438 g/mol. The van der Waals surface area contributed by atoms with Crippen LogP contribution >= 0.6 is 11.3 Å². The van der Waals surface area contributed by atoms with Crippen molar-refractivity contribution in [3.8, 4) is 0 Å². The van der Waals surface area contributed by atoms with Crippen molar-refractivity contribution in [1.82, 2.24) is 14.5 Å². The normalized spacial score (nSPS) is 15.7. The summed E-state index contributed by atoms with van der Waals surface area (Å²) in [6.45, 7) is 2.50. The summed E-state index contributed by atoms with van der Waals surface area (Å²) in [5, 5.41) is 3.18. The van der Waals surface area contributed by atoms with Gasteiger partial charge in [0, 0.05) is 32.7 Å². The maximum absolute atomic E-state index is 12.8. The van der Waals surface area contributed by atoms with Crippen LogP contribution in [0.25, 0.3) is 10.2 Å². The summed E-state index contributed by atoms with van der Waals surface area (Å²) in [4.78, 5) is 32.1. The van der Waals surface area contributed by atoms with Crippen LogP contribution in [-0.4, -0.2) is 48.2 Å². The van der Waals surface area contributed by atoms with Gasteiger partial charge in [0.1, 0.15) is 10.7 Å². The highest BCUT2D eigenvalue weighted by atomic mass is 32.2. The highest BCUT2D eigenvalue weighted by Gasteiger charge is 2.21. The van der Waals surface area contributed by atoms with Gasteiger partial charge in [0.15, 0.2) is 0 Å². The molecule has 1 N–H and O–H groups in total. The van der Waals surface area contributed by atoms with Gasteiger partial charge in [-0.25, -0.2) is 4.98 Å². The maximum Gasteiger partial charge on any atom is 0.283 e. The number of likely N-dealkylation sites (tertiary alicyclic amines) is 1. The first-order chi connectivity index (χ1) is 14.7. The fourth-order valence-electron chi connectivity index (χ4n) is 3.42. The second kappa shape index (κ2) is 7.89. The van der Waals surface area contributed by atoms with Gasteiger partial charge in [0.2, 0.25) is 0 Å². The number of fused-ring (bicyclic) bond motifs is 1. The van der Waals surface area contributed by atoms with Gasteiger partial charge in [-0.05, 0) is 43.2 Å². The molecule has 1 fully saturated rings. The molecular formula is C20H21N5O4S2. The molecule has 0 unspecified atom stereocenters. The summed E-state index contributed by atoms with van der Waals surface area (Å²) in [6.07, 6.45) is 2.94. The number of amidine groups is 1. The molecule has 4 rings (SSSR count). The van der Waals surface area contributed by atoms with Gasteiger partial charge >= 0.3 is 0 Å². The molecule has 0 bridgehead atoms. The lowest BCUT2D eigenvalue weighted by Crippen LogP contribution is -2.20. The summed E-state index contributed by atoms with van der Waals surface area (Å²) in [6, 6.07) is 5.87. The number of benzene rings is 1. The Labute approximate surface area is 183 Å². The van der Waals surface area contributed by atoms with Crippen LogP contribution in [0.1, 0.15) is 28.1 Å². The predicted octanol–water partition coefficient (Wildman–Crippen LogP) is 2.37. The van der Waals surface area contributed by atoms with Crippen molar-refractivity contribution in [3.05, 3.63) is 51.4 Å². The zero-order chi connectivity index (χ0) is 22.3. The summed E-state index contributed by atoms with van der Waals surface area (Å²) in [5.74, 6) is 0.170. The first-order valence-electron chi connectivity index (χ1n) is 9.58. The first-order valence-corrected chi connectivity index (χ1v) is 11.8. The highest BCUT2D eigenvalue weighted by molar-refractivity contribution is 7.90. The molecule has 0 aliphatic carbocycles. The van der Waals surface area contributed by atoms with E-state index in [-0.39, 0.29) is 16.4 Å². The molecule has 0 radical (unpaired) electrons. The monoisotopic (exact) mass is 459 g/mol. The maximum atomic E-state index is 12.8. The molecule has 2 aromatic heterocycles. The van der Waals surface area contributed by atoms with Crippen molar-refractivity contribution < 1.29 is 13.2 Å². The van der Waals surface area contributed by atoms with E-state index in [1.165, 1.54) is 35.2 Å². The number of aromatic nitrogens is 2. The number of carbonyl (C=O) groups is 1. The second-order valence-corrected chi connectivity index (χ2v) is 9.99. The molecule has 0 spiro atoms. The van der Waals surface area contributed by atoms with Gasteiger partial charge in [-0.2, -0.15) is 8.42 Å². The molecule has 1 aliphatic heterocycles. The Kier molecular flexibility index (Phi) is 5.40. The van der Waals surface area contributed by atoms with Gasteiger partial charge in [-0.1, -0.05) is 0 Å². The fourth-order valence-corrected chi connectivity index (χ4v) is 5.55. The van der Waals surface area contributed by atoms with Crippen LogP contribution in [0.2, 0.25) is 0 Å². The van der Waals surface area contributed by atoms with Crippen LogP contribution in [0.3, 0.4) is 0 Å². The zero-order valence-electron chi connectivity index (χ0n) is 17.2. The smallest absolute Gasteiger partial charge is 0.283 e. The molecule has 1 saturated heterocycles. The second-order valence-electron chi connectivity index (χ2n) is 7.38. The van der Waals surface area contributed by atoms with Crippen LogP contribution < -0.4 is 10.9 Å². The average Bonchev–Trinajstić information content (AvgIpc) is 3.28. The number of rotatable bonds is 4. The minimum atomic E-state index is -3.82. The number of hydrogen-bond acceptors (Lipinski definition) is 6. The Morgan fingerprint density at radius 3 is 2.58 bits per heavy atom. The van der Waals surface area contributed by atoms with E-state index < -0.39 is 10.0 Å². The number of hydrogen-bond donors (Lipinski definition) is 1. The topological polar surface area (TPSA) is 114 Å². The van der Waals surface area contributed by atoms with Gasteiger partial charge in [0.25, 0.3) is 21.5 Å². The SMILES string of the molecule is Cc1c(C(=O)Nc2ccc(S(=O)(=O)/N=C3\CCCN3C)cc2)sc2ncn(C)c(=O)c12. The average molecular weight is 460 g/mol. The Hall–Kier alpha value is -3.05. The van der Waals surface area contributed by atoms with E-state index in [0.717, 1.165) is 24.3 Å². The number of carbonyl (C=O) groups excluding carboxylic acids is 1. The lowest BCUT2D eigenvalue weighted by molar-refractivity contribution is 0.103. The van der Waals surface area contributed by atoms with Crippen molar-refractivity contribution in [3.63, 3.8) is 0 Å². The Morgan fingerprint density at radius 2 is 1.94 bits per heavy atom. The molecule has 1 aromatic carbocycles. The molecule has 3 aromatic rings. The Morgan fingerprint density at radius 1 is 1.23 bits per heavy atom. The standard InChI is InChI=1S/C20H21N5O4S2/c1-12-16-19(21-11-25(3)20(16)27)30-17(12)18(26)22-13-6-8-14(9-7-13)31(28,29)23-15-5-4-10-24(15)2/h6-9,11H,4-5,10H2,1-3H3,(H,22,26)/b23-15+. The minimum Gasteiger partial charge on any atom is -0.362 e. The largest absolute Gasteiger partial charge is 0.362 e. The Balaban J connectivity index is 1.56. The molecule has 1 aliphatic rings. The first kappa shape index (κ1) is 21.2. The molecule has 3 heterocycles. The lowest BCUT2D eigenvalue weighted by Gasteiger charge is -2.11. The molecule has 162 valence electrons. The molecule has 0 saturated carbocycles. The van der Waals surface area contributed by atoms with E-state index in [1.807, 2.05) is 11.9 Å². The third-order valence-corrected chi connectivity index (χ3v) is 7.70. The number of nitrogens with one attached hydrogen (secondary N) is 1. The lowest BCUT2D eigenvalue weighted by atomic mass is 10.2. The number of amides is 1. The van der Waals surface area contributed by atoms with Crippen molar-refractivity contribution >= 4 is 49.0 Å². The number of anilines is 1. The molecule has 9 nitrogen and oxygen atoms in total. The Bertz CT molecular complexity index is 1370. The molecule has 31 heavy (non-hydrogen) atoms. The number of aryl methyl sites for hydroxylation is 2. The van der Waals surface area contributed by atoms with Crippen molar-refractivity contribution in [1.29, 1.82) is 0 Å². The van der Waals surface area contributed by atoms with Gasteiger partial charge < -0.3 is 14.8 Å². The predicted molar refractivity (Wildman–Crippen MR) is 120 cm³/mol. The third kappa shape index (κ3) is 3.98. The van der Waals surface area contributed by atoms with Crippen LogP contribution in [0.5, 0.6) is 0 Å². The molecule has 1 amide bonds. The van der Waals surface area contributed by atoms with Gasteiger partial charge in [-0.15, -0.1) is 15.7 Å². The summed E-state index contributed by atoms with van der Waals surface area (Å²) < 4.78 is 30.4. The number of nitrogens with zero attached hydrogens (tertiary/aromatic N) is 4. The van der Waals surface area contributed by atoms with E-state index >= 15 is 0 Å². The van der Waals surface area contributed by atoms with E-state index in [1.54, 1.807) is 14.0 Å². The summed E-state index contributed by atoms with van der Waals surface area (Å²) in [7, 11) is -0.388. The van der Waals surface area contributed by atoms with Crippen LogP contribution in [0.4, 0.5) is 5.69 Å². The number of sulfonamides is 1. The van der Waals surface area contributed by atoms with Gasteiger partial charge in [0.05, 0.1) is 21.5 Å². The van der Waals surface area contributed by atoms with Crippen LogP contribution in [-0.2, 0) is 17.1 Å². The van der Waals surface area contributed by atoms with Gasteiger partial charge in [-0.3, -0.25) is 9.59 Å². The summed E-state index contributed by atoms with van der Waals surface area (Å²) >= 11 is 1.14. The third-order valence-electron chi connectivity index (χ3n) is 5.19. The molecule has 0 atom stereocenters. The van der Waals surface area contributed by atoms with E-state index in [4.69, 9.17) is 0 Å². The van der Waals surface area contributed by atoms with E-state index in [0.29, 0.717) is 38.6 Å². The van der Waals surface area contributed by atoms with E-state index in [2.05, 4.69) is 14.7 Å². The highest BCUT2D eigenvalue weighted by Crippen LogP contribution is 2.28. The summed E-state index contributed by atoms with van der Waals surface area (Å²) in [5.41, 5.74) is 0.802. The fraction of sp³-hybridized carbons (Fsp3) is 0.300. The van der Waals surface area contributed by atoms with E-state index in [9.17, 15) is 18.0 Å². The van der Waals surface area contributed by atoms with Crippen LogP contribution in [0.15, 0.2) is 44.7 Å². The zero-order valence-corrected chi connectivity index (χ0v) is 18.9. The van der Waals surface area contributed by atoms with Crippen molar-refractivity contribution in [2.24, 2.45) is 11.4 Å². The van der Waals surface area contributed by atoms with Crippen molar-refractivity contribution in [2.45, 2.75) is 24.7 Å². The number of thiophene rings is 1. The molecule has 11 heteroatoms. The minimum absolute atomic E-state index is 0.0593. The van der Waals surface area contributed by atoms with Crippen LogP contribution in [0, 0.1) is 6.92 Å². The van der Waals surface area contributed by atoms with Crippen molar-refractivity contribution in [2.75, 3.05) is 18.9 Å².